The summed E-state index contributed by atoms with van der Waals surface area (Å²) in [5, 5.41) is 4.29. The van der Waals surface area contributed by atoms with Gasteiger partial charge in [-0.15, -0.1) is 0 Å². The Labute approximate surface area is 138 Å². The van der Waals surface area contributed by atoms with Crippen LogP contribution in [0, 0.1) is 0 Å². The van der Waals surface area contributed by atoms with Gasteiger partial charge in [0.15, 0.2) is 0 Å². The normalized spacial score (nSPS) is 11.0. The third-order valence-electron chi connectivity index (χ3n) is 3.26. The number of amides is 1. The predicted molar refractivity (Wildman–Crippen MR) is 91.9 cm³/mol. The second kappa shape index (κ2) is 6.58. The number of anilines is 1. The number of rotatable bonds is 4. The first-order chi connectivity index (χ1) is 11.2. The number of carbonyl (C=O) groups is 1. The van der Waals surface area contributed by atoms with Gasteiger partial charge in [0.1, 0.15) is 17.1 Å². The van der Waals surface area contributed by atoms with Gasteiger partial charge in [0.25, 0.3) is 0 Å². The van der Waals surface area contributed by atoms with Crippen LogP contribution < -0.4 is 10.1 Å². The molecule has 0 fully saturated rings. The molecule has 3 aromatic rings. The maximum atomic E-state index is 12.0. The number of hydrogen-bond acceptors (Lipinski definition) is 3. The van der Waals surface area contributed by atoms with Crippen LogP contribution in [0.1, 0.15) is 5.76 Å². The van der Waals surface area contributed by atoms with Gasteiger partial charge in [0, 0.05) is 16.5 Å². The number of fused-ring (bicyclic) bond motifs is 1. The number of halogens is 1. The van der Waals surface area contributed by atoms with E-state index in [1.807, 2.05) is 24.3 Å². The molecule has 0 aliphatic carbocycles. The fourth-order valence-corrected chi connectivity index (χ4v) is 2.38. The van der Waals surface area contributed by atoms with Crippen molar-refractivity contribution in [2.75, 3.05) is 12.4 Å². The van der Waals surface area contributed by atoms with Crippen LogP contribution in [0.25, 0.3) is 17.0 Å². The van der Waals surface area contributed by atoms with Gasteiger partial charge < -0.3 is 14.5 Å². The molecule has 1 N–H and O–H groups in total. The van der Waals surface area contributed by atoms with Crippen molar-refractivity contribution in [1.82, 2.24) is 0 Å². The molecule has 0 bridgehead atoms. The van der Waals surface area contributed by atoms with Gasteiger partial charge in [-0.25, -0.2) is 0 Å². The van der Waals surface area contributed by atoms with Gasteiger partial charge in [0.05, 0.1) is 12.8 Å². The second-order valence-corrected chi connectivity index (χ2v) is 5.29. The molecule has 3 rings (SSSR count). The van der Waals surface area contributed by atoms with E-state index in [9.17, 15) is 4.79 Å². The van der Waals surface area contributed by atoms with E-state index in [2.05, 4.69) is 5.32 Å². The number of nitrogens with one attached hydrogen (secondary N) is 1. The zero-order valence-corrected chi connectivity index (χ0v) is 13.1. The minimum absolute atomic E-state index is 0.270. The van der Waals surface area contributed by atoms with Gasteiger partial charge in [-0.05, 0) is 42.5 Å². The molecule has 4 nitrogen and oxygen atoms in total. The van der Waals surface area contributed by atoms with Crippen LogP contribution >= 0.6 is 11.6 Å². The van der Waals surface area contributed by atoms with E-state index in [1.54, 1.807) is 37.5 Å². The Morgan fingerprint density at radius 1 is 1.22 bits per heavy atom. The summed E-state index contributed by atoms with van der Waals surface area (Å²) >= 11 is 5.94. The van der Waals surface area contributed by atoms with Crippen molar-refractivity contribution < 1.29 is 13.9 Å². The van der Waals surface area contributed by atoms with Crippen molar-refractivity contribution in [1.29, 1.82) is 0 Å². The Balaban J connectivity index is 1.74. The van der Waals surface area contributed by atoms with Crippen molar-refractivity contribution >= 4 is 40.2 Å². The van der Waals surface area contributed by atoms with E-state index in [0.717, 1.165) is 11.0 Å². The van der Waals surface area contributed by atoms with Gasteiger partial charge in [0.2, 0.25) is 5.91 Å². The molecule has 0 aliphatic rings. The van der Waals surface area contributed by atoms with Crippen molar-refractivity contribution in [3.05, 3.63) is 65.4 Å². The van der Waals surface area contributed by atoms with Gasteiger partial charge in [-0.3, -0.25) is 4.79 Å². The van der Waals surface area contributed by atoms with Crippen LogP contribution in [0.5, 0.6) is 5.75 Å². The summed E-state index contributed by atoms with van der Waals surface area (Å²) in [5.74, 6) is 0.915. The second-order valence-electron chi connectivity index (χ2n) is 4.85. The van der Waals surface area contributed by atoms with Crippen LogP contribution in [0.4, 0.5) is 5.69 Å². The molecule has 2 aromatic carbocycles. The van der Waals surface area contributed by atoms with Gasteiger partial charge in [-0.1, -0.05) is 23.7 Å². The SMILES string of the molecule is COc1ccccc1NC(=O)/C=C/c1cc2cc(Cl)ccc2o1. The summed E-state index contributed by atoms with van der Waals surface area (Å²) in [7, 11) is 1.56. The predicted octanol–water partition coefficient (Wildman–Crippen LogP) is 4.75. The van der Waals surface area contributed by atoms with Crippen LogP contribution in [-0.2, 0) is 4.79 Å². The average molecular weight is 328 g/mol. The first kappa shape index (κ1) is 15.2. The average Bonchev–Trinajstić information content (AvgIpc) is 2.95. The maximum absolute atomic E-state index is 12.0. The molecule has 1 aromatic heterocycles. The summed E-state index contributed by atoms with van der Waals surface area (Å²) in [4.78, 5) is 12.0. The van der Waals surface area contributed by atoms with Crippen molar-refractivity contribution in [2.24, 2.45) is 0 Å². The Morgan fingerprint density at radius 2 is 2.04 bits per heavy atom. The number of para-hydroxylation sites is 2. The molecule has 5 heteroatoms. The highest BCUT2D eigenvalue weighted by molar-refractivity contribution is 6.31. The summed E-state index contributed by atoms with van der Waals surface area (Å²) in [6, 6.07) is 14.4. The molecule has 0 spiro atoms. The summed E-state index contributed by atoms with van der Waals surface area (Å²) < 4.78 is 10.8. The van der Waals surface area contributed by atoms with Gasteiger partial charge >= 0.3 is 0 Å². The minimum atomic E-state index is -0.270. The Morgan fingerprint density at radius 3 is 2.87 bits per heavy atom. The van der Waals surface area contributed by atoms with Crippen LogP contribution in [0.15, 0.2) is 59.0 Å². The Bertz CT molecular complexity index is 883. The fourth-order valence-electron chi connectivity index (χ4n) is 2.20. The molecule has 23 heavy (non-hydrogen) atoms. The molecule has 0 unspecified atom stereocenters. The monoisotopic (exact) mass is 327 g/mol. The lowest BCUT2D eigenvalue weighted by Gasteiger charge is -2.07. The van der Waals surface area contributed by atoms with E-state index in [-0.39, 0.29) is 5.91 Å². The van der Waals surface area contributed by atoms with E-state index in [1.165, 1.54) is 6.08 Å². The Hall–Kier alpha value is -2.72. The van der Waals surface area contributed by atoms with Crippen LogP contribution in [-0.4, -0.2) is 13.0 Å². The van der Waals surface area contributed by atoms with Crippen molar-refractivity contribution in [3.63, 3.8) is 0 Å². The highest BCUT2D eigenvalue weighted by atomic mass is 35.5. The molecule has 0 aliphatic heterocycles. The molecule has 116 valence electrons. The molecule has 1 heterocycles. The topological polar surface area (TPSA) is 51.5 Å². The highest BCUT2D eigenvalue weighted by Crippen LogP contribution is 2.24. The zero-order chi connectivity index (χ0) is 16.2. The lowest BCUT2D eigenvalue weighted by Crippen LogP contribution is -2.08. The third-order valence-corrected chi connectivity index (χ3v) is 3.50. The number of hydrogen-bond donors (Lipinski definition) is 1. The van der Waals surface area contributed by atoms with Crippen molar-refractivity contribution in [3.8, 4) is 5.75 Å². The summed E-state index contributed by atoms with van der Waals surface area (Å²) in [6.07, 6.45) is 3.02. The maximum Gasteiger partial charge on any atom is 0.248 e. The fraction of sp³-hybridized carbons (Fsp3) is 0.0556. The van der Waals surface area contributed by atoms with Crippen LogP contribution in [0.2, 0.25) is 5.02 Å². The number of carbonyl (C=O) groups excluding carboxylic acids is 1. The minimum Gasteiger partial charge on any atom is -0.495 e. The summed E-state index contributed by atoms with van der Waals surface area (Å²) in [6.45, 7) is 0. The van der Waals surface area contributed by atoms with Crippen LogP contribution in [0.3, 0.4) is 0 Å². The lowest BCUT2D eigenvalue weighted by molar-refractivity contribution is -0.111. The molecule has 0 radical (unpaired) electrons. The van der Waals surface area contributed by atoms with E-state index >= 15 is 0 Å². The highest BCUT2D eigenvalue weighted by Gasteiger charge is 2.05. The van der Waals surface area contributed by atoms with E-state index in [0.29, 0.717) is 22.2 Å². The lowest BCUT2D eigenvalue weighted by atomic mass is 10.2. The molecular weight excluding hydrogens is 314 g/mol. The van der Waals surface area contributed by atoms with E-state index in [4.69, 9.17) is 20.8 Å². The first-order valence-corrected chi connectivity index (χ1v) is 7.35. The quantitative estimate of drug-likeness (QED) is 0.704. The standard InChI is InChI=1S/C18H14ClNO3/c1-22-17-5-3-2-4-15(17)20-18(21)9-7-14-11-12-10-13(19)6-8-16(12)23-14/h2-11H,1H3,(H,20,21)/b9-7+. The largest absolute Gasteiger partial charge is 0.495 e. The first-order valence-electron chi connectivity index (χ1n) is 6.97. The summed E-state index contributed by atoms with van der Waals surface area (Å²) in [5.41, 5.74) is 1.33. The molecular formula is C18H14ClNO3. The number of furan rings is 1. The molecule has 0 saturated carbocycles. The third kappa shape index (κ3) is 3.55. The van der Waals surface area contributed by atoms with E-state index < -0.39 is 0 Å². The Kier molecular flexibility index (Phi) is 4.35. The number of methoxy groups -OCH3 is 1. The molecule has 0 atom stereocenters. The van der Waals surface area contributed by atoms with Gasteiger partial charge in [-0.2, -0.15) is 0 Å². The van der Waals surface area contributed by atoms with Crippen molar-refractivity contribution in [2.45, 2.75) is 0 Å². The molecule has 0 saturated heterocycles. The zero-order valence-electron chi connectivity index (χ0n) is 12.4. The number of ether oxygens (including phenoxy) is 1. The smallest absolute Gasteiger partial charge is 0.248 e. The molecule has 1 amide bonds. The number of benzene rings is 2.